The normalized spacial score (nSPS) is 21.0. The van der Waals surface area contributed by atoms with Gasteiger partial charge in [-0.2, -0.15) is 5.26 Å². The summed E-state index contributed by atoms with van der Waals surface area (Å²) in [5, 5.41) is 11.4. The molecule has 1 aliphatic rings. The Morgan fingerprint density at radius 3 is 3.04 bits per heavy atom. The van der Waals surface area contributed by atoms with Crippen molar-refractivity contribution < 1.29 is 4.79 Å². The van der Waals surface area contributed by atoms with E-state index < -0.39 is 0 Å². The molecule has 2 aromatic rings. The summed E-state index contributed by atoms with van der Waals surface area (Å²) < 4.78 is 2.29. The van der Waals surface area contributed by atoms with Crippen molar-refractivity contribution in [3.8, 4) is 6.07 Å². The number of nitrogens with one attached hydrogen (secondary N) is 1. The third-order valence-electron chi connectivity index (χ3n) is 4.28. The van der Waals surface area contributed by atoms with E-state index in [1.165, 1.54) is 11.1 Å². The first-order valence-corrected chi connectivity index (χ1v) is 9.71. The number of thioether (sulfide) groups is 1. The molecule has 1 saturated carbocycles. The van der Waals surface area contributed by atoms with Crippen LogP contribution in [-0.4, -0.2) is 23.2 Å². The van der Waals surface area contributed by atoms with E-state index in [9.17, 15) is 4.79 Å². The minimum absolute atomic E-state index is 0.0407. The molecule has 0 radical (unpaired) electrons. The molecule has 4 nitrogen and oxygen atoms in total. The van der Waals surface area contributed by atoms with Gasteiger partial charge in [-0.15, -0.1) is 11.3 Å². The van der Waals surface area contributed by atoms with Gasteiger partial charge in [-0.1, -0.05) is 36.7 Å². The summed E-state index contributed by atoms with van der Waals surface area (Å²) in [6.07, 6.45) is 4.31. The highest BCUT2D eigenvalue weighted by molar-refractivity contribution is 8.01. The molecule has 3 rings (SSSR count). The number of carbonyl (C=O) groups is 1. The minimum Gasteiger partial charge on any atom is -0.343 e. The number of fused-ring (bicyclic) bond motifs is 1. The number of carbonyl (C=O) groups excluding carboxylic acids is 1. The van der Waals surface area contributed by atoms with Gasteiger partial charge in [0.15, 0.2) is 4.34 Å². The molecular formula is C17H19N3OS2. The van der Waals surface area contributed by atoms with E-state index in [0.29, 0.717) is 5.92 Å². The molecule has 1 heterocycles. The van der Waals surface area contributed by atoms with Gasteiger partial charge in [0.1, 0.15) is 6.54 Å². The van der Waals surface area contributed by atoms with Crippen LogP contribution in [-0.2, 0) is 4.79 Å². The van der Waals surface area contributed by atoms with E-state index in [0.717, 1.165) is 34.9 Å². The van der Waals surface area contributed by atoms with Gasteiger partial charge in [0, 0.05) is 11.7 Å². The molecule has 120 valence electrons. The third kappa shape index (κ3) is 4.04. The first-order chi connectivity index (χ1) is 11.3. The number of amides is 1. The van der Waals surface area contributed by atoms with Crippen molar-refractivity contribution in [3.05, 3.63) is 24.3 Å². The average Bonchev–Trinajstić information content (AvgIpc) is 3.01. The van der Waals surface area contributed by atoms with E-state index >= 15 is 0 Å². The Kier molecular flexibility index (Phi) is 5.52. The standard InChI is InChI=1S/C17H19N3OS2/c18-9-10-19-16(21)13-6-2-1-5-12(13)11-22-17-20-14-7-3-4-8-15(14)23-17/h3-4,7-8,12-13H,1-2,5-6,10-11H2,(H,19,21). The molecule has 1 aliphatic carbocycles. The Balaban J connectivity index is 1.62. The van der Waals surface area contributed by atoms with Crippen LogP contribution in [0.4, 0.5) is 0 Å². The molecule has 0 bridgehead atoms. The predicted molar refractivity (Wildman–Crippen MR) is 94.4 cm³/mol. The van der Waals surface area contributed by atoms with Gasteiger partial charge in [0.25, 0.3) is 0 Å². The molecule has 0 spiro atoms. The van der Waals surface area contributed by atoms with Crippen LogP contribution in [0.15, 0.2) is 28.6 Å². The van der Waals surface area contributed by atoms with Gasteiger partial charge < -0.3 is 5.32 Å². The van der Waals surface area contributed by atoms with Gasteiger partial charge in [-0.05, 0) is 30.9 Å². The number of para-hydroxylation sites is 1. The van der Waals surface area contributed by atoms with Crippen molar-refractivity contribution in [2.45, 2.75) is 30.0 Å². The summed E-state index contributed by atoms with van der Waals surface area (Å²) in [6, 6.07) is 10.1. The van der Waals surface area contributed by atoms with E-state index in [4.69, 9.17) is 5.26 Å². The smallest absolute Gasteiger partial charge is 0.224 e. The lowest BCUT2D eigenvalue weighted by atomic mass is 9.80. The van der Waals surface area contributed by atoms with Crippen molar-refractivity contribution in [3.63, 3.8) is 0 Å². The second-order valence-corrected chi connectivity index (χ2v) is 8.08. The quantitative estimate of drug-likeness (QED) is 0.660. The lowest BCUT2D eigenvalue weighted by Crippen LogP contribution is -2.37. The zero-order valence-corrected chi connectivity index (χ0v) is 14.5. The molecule has 23 heavy (non-hydrogen) atoms. The van der Waals surface area contributed by atoms with Crippen molar-refractivity contribution in [2.24, 2.45) is 11.8 Å². The summed E-state index contributed by atoms with van der Waals surface area (Å²) in [5.41, 5.74) is 1.05. The Bertz CT molecular complexity index is 689. The summed E-state index contributed by atoms with van der Waals surface area (Å²) in [7, 11) is 0. The highest BCUT2D eigenvalue weighted by atomic mass is 32.2. The van der Waals surface area contributed by atoms with Gasteiger partial charge in [0.05, 0.1) is 16.3 Å². The molecular weight excluding hydrogens is 326 g/mol. The first-order valence-electron chi connectivity index (χ1n) is 7.91. The number of hydrogen-bond donors (Lipinski definition) is 1. The van der Waals surface area contributed by atoms with Crippen molar-refractivity contribution in [2.75, 3.05) is 12.3 Å². The lowest BCUT2D eigenvalue weighted by Gasteiger charge is -2.29. The van der Waals surface area contributed by atoms with E-state index in [1.54, 1.807) is 23.1 Å². The van der Waals surface area contributed by atoms with E-state index in [1.807, 2.05) is 24.3 Å². The van der Waals surface area contributed by atoms with Crippen LogP contribution in [0, 0.1) is 23.2 Å². The highest BCUT2D eigenvalue weighted by Gasteiger charge is 2.30. The molecule has 1 fully saturated rings. The second-order valence-electron chi connectivity index (χ2n) is 5.79. The summed E-state index contributed by atoms with van der Waals surface area (Å²) in [5.74, 6) is 1.38. The molecule has 1 aromatic carbocycles. The van der Waals surface area contributed by atoms with Crippen molar-refractivity contribution in [1.29, 1.82) is 5.26 Å². The van der Waals surface area contributed by atoms with Gasteiger partial charge in [0.2, 0.25) is 5.91 Å². The predicted octanol–water partition coefficient (Wildman–Crippen LogP) is 3.83. The Morgan fingerprint density at radius 2 is 2.22 bits per heavy atom. The number of nitrogens with zero attached hydrogens (tertiary/aromatic N) is 2. The maximum absolute atomic E-state index is 12.2. The van der Waals surface area contributed by atoms with Crippen LogP contribution in [0.3, 0.4) is 0 Å². The van der Waals surface area contributed by atoms with Crippen LogP contribution in [0.2, 0.25) is 0 Å². The summed E-state index contributed by atoms with van der Waals surface area (Å²) in [4.78, 5) is 16.9. The number of benzene rings is 1. The fraction of sp³-hybridized carbons (Fsp3) is 0.471. The van der Waals surface area contributed by atoms with Crippen LogP contribution < -0.4 is 5.32 Å². The Hall–Kier alpha value is -1.58. The molecule has 1 amide bonds. The maximum Gasteiger partial charge on any atom is 0.224 e. The number of hydrogen-bond acceptors (Lipinski definition) is 5. The largest absolute Gasteiger partial charge is 0.343 e. The van der Waals surface area contributed by atoms with Crippen molar-refractivity contribution >= 4 is 39.2 Å². The van der Waals surface area contributed by atoms with Gasteiger partial charge >= 0.3 is 0 Å². The van der Waals surface area contributed by atoms with E-state index in [2.05, 4.69) is 16.4 Å². The molecule has 2 unspecified atom stereocenters. The third-order valence-corrected chi connectivity index (χ3v) is 6.65. The Labute approximate surface area is 144 Å². The van der Waals surface area contributed by atoms with Crippen LogP contribution in [0.5, 0.6) is 0 Å². The van der Waals surface area contributed by atoms with Crippen LogP contribution in [0.25, 0.3) is 10.2 Å². The van der Waals surface area contributed by atoms with Crippen LogP contribution in [0.1, 0.15) is 25.7 Å². The molecule has 2 atom stereocenters. The van der Waals surface area contributed by atoms with Gasteiger partial charge in [-0.3, -0.25) is 4.79 Å². The fourth-order valence-electron chi connectivity index (χ4n) is 3.10. The summed E-state index contributed by atoms with van der Waals surface area (Å²) in [6.45, 7) is 0.104. The number of nitriles is 1. The number of aromatic nitrogens is 1. The van der Waals surface area contributed by atoms with E-state index in [-0.39, 0.29) is 18.4 Å². The van der Waals surface area contributed by atoms with Crippen molar-refractivity contribution in [1.82, 2.24) is 10.3 Å². The zero-order valence-electron chi connectivity index (χ0n) is 12.8. The fourth-order valence-corrected chi connectivity index (χ4v) is 5.43. The number of thiazole rings is 1. The lowest BCUT2D eigenvalue weighted by molar-refractivity contribution is -0.127. The van der Waals surface area contributed by atoms with Crippen LogP contribution >= 0.6 is 23.1 Å². The second kappa shape index (κ2) is 7.80. The minimum atomic E-state index is 0.0407. The molecule has 1 N–H and O–H groups in total. The first kappa shape index (κ1) is 16.3. The Morgan fingerprint density at radius 1 is 1.39 bits per heavy atom. The molecule has 0 saturated heterocycles. The topological polar surface area (TPSA) is 65.8 Å². The zero-order chi connectivity index (χ0) is 16.1. The number of rotatable bonds is 5. The van der Waals surface area contributed by atoms with Gasteiger partial charge in [-0.25, -0.2) is 4.98 Å². The highest BCUT2D eigenvalue weighted by Crippen LogP contribution is 2.36. The molecule has 6 heteroatoms. The molecule has 1 aromatic heterocycles. The average molecular weight is 345 g/mol. The SMILES string of the molecule is N#CCNC(=O)C1CCCCC1CSc1nc2ccccc2s1. The molecule has 0 aliphatic heterocycles. The monoisotopic (exact) mass is 345 g/mol. The summed E-state index contributed by atoms with van der Waals surface area (Å²) >= 11 is 3.48. The maximum atomic E-state index is 12.2.